The van der Waals surface area contributed by atoms with Gasteiger partial charge >= 0.3 is 0 Å². The lowest BCUT2D eigenvalue weighted by atomic mass is 10.1. The molecule has 3 aromatic carbocycles. The summed E-state index contributed by atoms with van der Waals surface area (Å²) >= 11 is 0. The smallest absolute Gasteiger partial charge is 0.258 e. The third kappa shape index (κ3) is 4.33. The Morgan fingerprint density at radius 3 is 2.46 bits per heavy atom. The average Bonchev–Trinajstić information content (AvgIpc) is 2.67. The normalized spacial score (nSPS) is 11.8. The van der Waals surface area contributed by atoms with Crippen molar-refractivity contribution in [3.05, 3.63) is 72.3 Å². The number of carbonyl (C=O) groups is 1. The first kappa shape index (κ1) is 17.8. The van der Waals surface area contributed by atoms with Crippen molar-refractivity contribution in [1.82, 2.24) is 5.32 Å². The van der Waals surface area contributed by atoms with Crippen LogP contribution in [0.4, 0.5) is 0 Å². The zero-order valence-electron chi connectivity index (χ0n) is 15.1. The van der Waals surface area contributed by atoms with Crippen molar-refractivity contribution in [2.45, 2.75) is 19.9 Å². The van der Waals surface area contributed by atoms with Crippen molar-refractivity contribution in [3.8, 4) is 11.5 Å². The second kappa shape index (κ2) is 8.39. The summed E-state index contributed by atoms with van der Waals surface area (Å²) in [6.45, 7) is 4.52. The van der Waals surface area contributed by atoms with Gasteiger partial charge in [0.15, 0.2) is 6.61 Å². The number of fused-ring (bicyclic) bond motifs is 1. The summed E-state index contributed by atoms with van der Waals surface area (Å²) in [5.41, 5.74) is 1.02. The van der Waals surface area contributed by atoms with E-state index in [-0.39, 0.29) is 18.6 Å². The van der Waals surface area contributed by atoms with E-state index >= 15 is 0 Å². The second-order valence-electron chi connectivity index (χ2n) is 6.06. The Morgan fingerprint density at radius 1 is 0.962 bits per heavy atom. The number of hydrogen-bond donors (Lipinski definition) is 1. The Hall–Kier alpha value is -3.01. The van der Waals surface area contributed by atoms with E-state index in [4.69, 9.17) is 9.47 Å². The van der Waals surface area contributed by atoms with Crippen LogP contribution in [0.5, 0.6) is 11.5 Å². The van der Waals surface area contributed by atoms with Crippen LogP contribution in [0.3, 0.4) is 0 Å². The second-order valence-corrected chi connectivity index (χ2v) is 6.06. The summed E-state index contributed by atoms with van der Waals surface area (Å²) in [6.07, 6.45) is 0. The standard InChI is InChI=1S/C22H23NO3/c1-3-25-19-13-11-17(12-14-19)16(2)23-22(24)15-26-21-10-6-8-18-7-4-5-9-20(18)21/h4-14,16H,3,15H2,1-2H3,(H,23,24)/t16-/m1/s1. The molecule has 134 valence electrons. The molecule has 0 saturated heterocycles. The predicted molar refractivity (Wildman–Crippen MR) is 104 cm³/mol. The highest BCUT2D eigenvalue weighted by molar-refractivity contribution is 5.88. The molecule has 4 nitrogen and oxygen atoms in total. The molecule has 0 heterocycles. The van der Waals surface area contributed by atoms with E-state index in [1.165, 1.54) is 0 Å². The first-order valence-electron chi connectivity index (χ1n) is 8.80. The first-order valence-corrected chi connectivity index (χ1v) is 8.80. The maximum atomic E-state index is 12.2. The van der Waals surface area contributed by atoms with Crippen molar-refractivity contribution >= 4 is 16.7 Å². The molecule has 0 saturated carbocycles. The van der Waals surface area contributed by atoms with Gasteiger partial charge in [0.2, 0.25) is 0 Å². The summed E-state index contributed by atoms with van der Waals surface area (Å²) in [6, 6.07) is 21.4. The van der Waals surface area contributed by atoms with E-state index in [0.717, 1.165) is 22.1 Å². The molecule has 1 amide bonds. The fourth-order valence-corrected chi connectivity index (χ4v) is 2.85. The van der Waals surface area contributed by atoms with Gasteiger partial charge in [-0.3, -0.25) is 4.79 Å². The number of amides is 1. The summed E-state index contributed by atoms with van der Waals surface area (Å²) in [4.78, 5) is 12.2. The van der Waals surface area contributed by atoms with E-state index in [2.05, 4.69) is 5.32 Å². The molecule has 0 spiro atoms. The van der Waals surface area contributed by atoms with Gasteiger partial charge in [0, 0.05) is 5.39 Å². The van der Waals surface area contributed by atoms with Gasteiger partial charge in [0.25, 0.3) is 5.91 Å². The minimum atomic E-state index is -0.153. The van der Waals surface area contributed by atoms with E-state index < -0.39 is 0 Å². The van der Waals surface area contributed by atoms with E-state index in [1.54, 1.807) is 0 Å². The van der Waals surface area contributed by atoms with Gasteiger partial charge in [0.05, 0.1) is 12.6 Å². The number of hydrogen-bond acceptors (Lipinski definition) is 3. The molecule has 0 aliphatic carbocycles. The molecule has 0 aromatic heterocycles. The number of rotatable bonds is 7. The summed E-state index contributed by atoms with van der Waals surface area (Å²) in [7, 11) is 0. The van der Waals surface area contributed by atoms with Crippen molar-refractivity contribution in [3.63, 3.8) is 0 Å². The fourth-order valence-electron chi connectivity index (χ4n) is 2.85. The van der Waals surface area contributed by atoms with E-state index in [1.807, 2.05) is 80.6 Å². The molecular formula is C22H23NO3. The average molecular weight is 349 g/mol. The fraction of sp³-hybridized carbons (Fsp3) is 0.227. The molecule has 0 aliphatic rings. The summed E-state index contributed by atoms with van der Waals surface area (Å²) in [5, 5.41) is 5.05. The minimum Gasteiger partial charge on any atom is -0.494 e. The Labute approximate surface area is 153 Å². The first-order chi connectivity index (χ1) is 12.7. The highest BCUT2D eigenvalue weighted by Gasteiger charge is 2.11. The third-order valence-corrected chi connectivity index (χ3v) is 4.18. The van der Waals surface area contributed by atoms with Crippen LogP contribution in [-0.4, -0.2) is 19.1 Å². The molecule has 1 atom stereocenters. The molecular weight excluding hydrogens is 326 g/mol. The van der Waals surface area contributed by atoms with Crippen LogP contribution in [0.2, 0.25) is 0 Å². The molecule has 1 N–H and O–H groups in total. The van der Waals surface area contributed by atoms with Gasteiger partial charge in [-0.1, -0.05) is 48.5 Å². The van der Waals surface area contributed by atoms with Crippen molar-refractivity contribution in [2.75, 3.05) is 13.2 Å². The monoisotopic (exact) mass is 349 g/mol. The van der Waals surface area contributed by atoms with Crippen molar-refractivity contribution < 1.29 is 14.3 Å². The lowest BCUT2D eigenvalue weighted by Gasteiger charge is -2.16. The van der Waals surface area contributed by atoms with Gasteiger partial charge < -0.3 is 14.8 Å². The van der Waals surface area contributed by atoms with Gasteiger partial charge in [-0.05, 0) is 43.0 Å². The Morgan fingerprint density at radius 2 is 1.69 bits per heavy atom. The predicted octanol–water partition coefficient (Wildman–Crippen LogP) is 4.49. The van der Waals surface area contributed by atoms with Gasteiger partial charge in [-0.15, -0.1) is 0 Å². The van der Waals surface area contributed by atoms with Crippen LogP contribution in [0.15, 0.2) is 66.7 Å². The van der Waals surface area contributed by atoms with Crippen LogP contribution in [-0.2, 0) is 4.79 Å². The van der Waals surface area contributed by atoms with Crippen LogP contribution in [0.25, 0.3) is 10.8 Å². The molecule has 0 aliphatic heterocycles. The molecule has 3 rings (SSSR count). The zero-order chi connectivity index (χ0) is 18.4. The maximum absolute atomic E-state index is 12.2. The van der Waals surface area contributed by atoms with Crippen LogP contribution in [0, 0.1) is 0 Å². The molecule has 0 unspecified atom stereocenters. The molecule has 0 bridgehead atoms. The van der Waals surface area contributed by atoms with Gasteiger partial charge in [0.1, 0.15) is 11.5 Å². The largest absolute Gasteiger partial charge is 0.494 e. The molecule has 26 heavy (non-hydrogen) atoms. The number of nitrogens with one attached hydrogen (secondary N) is 1. The Balaban J connectivity index is 1.58. The van der Waals surface area contributed by atoms with Crippen LogP contribution >= 0.6 is 0 Å². The van der Waals surface area contributed by atoms with Crippen LogP contribution in [0.1, 0.15) is 25.5 Å². The molecule has 3 aromatic rings. The summed E-state index contributed by atoms with van der Waals surface area (Å²) < 4.78 is 11.2. The number of ether oxygens (including phenoxy) is 2. The lowest BCUT2D eigenvalue weighted by molar-refractivity contribution is -0.123. The molecule has 0 fully saturated rings. The van der Waals surface area contributed by atoms with E-state index in [0.29, 0.717) is 12.4 Å². The van der Waals surface area contributed by atoms with E-state index in [9.17, 15) is 4.79 Å². The van der Waals surface area contributed by atoms with Gasteiger partial charge in [-0.2, -0.15) is 0 Å². The van der Waals surface area contributed by atoms with Crippen LogP contribution < -0.4 is 14.8 Å². The minimum absolute atomic E-state index is 0.0185. The highest BCUT2D eigenvalue weighted by Crippen LogP contribution is 2.25. The van der Waals surface area contributed by atoms with Crippen molar-refractivity contribution in [1.29, 1.82) is 0 Å². The maximum Gasteiger partial charge on any atom is 0.258 e. The third-order valence-electron chi connectivity index (χ3n) is 4.18. The Bertz CT molecular complexity index is 869. The lowest BCUT2D eigenvalue weighted by Crippen LogP contribution is -2.31. The number of benzene rings is 3. The molecule has 4 heteroatoms. The van der Waals surface area contributed by atoms with Gasteiger partial charge in [-0.25, -0.2) is 0 Å². The summed E-state index contributed by atoms with van der Waals surface area (Å²) in [5.74, 6) is 1.39. The molecule has 0 radical (unpaired) electrons. The zero-order valence-corrected chi connectivity index (χ0v) is 15.1. The van der Waals surface area contributed by atoms with Crippen molar-refractivity contribution in [2.24, 2.45) is 0 Å². The topological polar surface area (TPSA) is 47.6 Å². The quantitative estimate of drug-likeness (QED) is 0.683. The Kier molecular flexibility index (Phi) is 5.74. The highest BCUT2D eigenvalue weighted by atomic mass is 16.5. The number of carbonyl (C=O) groups excluding carboxylic acids is 1. The SMILES string of the molecule is CCOc1ccc([C@@H](C)NC(=O)COc2cccc3ccccc23)cc1.